The van der Waals surface area contributed by atoms with Crippen LogP contribution in [0.15, 0.2) is 133 Å². The molecule has 5 aliphatic rings. The van der Waals surface area contributed by atoms with Crippen molar-refractivity contribution in [1.82, 2.24) is 0 Å². The minimum absolute atomic E-state index is 0.137. The molecule has 0 saturated heterocycles. The van der Waals surface area contributed by atoms with Crippen molar-refractivity contribution in [3.05, 3.63) is 183 Å². The van der Waals surface area contributed by atoms with Crippen LogP contribution in [0.2, 0.25) is 0 Å². The lowest BCUT2D eigenvalue weighted by molar-refractivity contribution is 0.892. The van der Waals surface area contributed by atoms with Crippen molar-refractivity contribution in [3.63, 3.8) is 0 Å². The smallest absolute Gasteiger partial charge is 0.248 e. The van der Waals surface area contributed by atoms with Gasteiger partial charge < -0.3 is 4.90 Å². The van der Waals surface area contributed by atoms with Crippen molar-refractivity contribution >= 4 is 46.2 Å². The zero-order chi connectivity index (χ0) is 36.6. The van der Waals surface area contributed by atoms with Gasteiger partial charge >= 0.3 is 0 Å². The predicted octanol–water partition coefficient (Wildman–Crippen LogP) is 11.2. The highest BCUT2D eigenvalue weighted by atomic mass is 15.2. The van der Waals surface area contributed by atoms with Crippen molar-refractivity contribution in [3.8, 4) is 33.4 Å². The Hall–Kier alpha value is -5.86. The lowest BCUT2D eigenvalue weighted by Gasteiger charge is -2.38. The summed E-state index contributed by atoms with van der Waals surface area (Å²) in [5, 5.41) is 0. The molecular formula is C52H42BN. The Kier molecular flexibility index (Phi) is 6.64. The zero-order valence-corrected chi connectivity index (χ0v) is 31.9. The van der Waals surface area contributed by atoms with E-state index >= 15 is 0 Å². The van der Waals surface area contributed by atoms with Gasteiger partial charge in [-0.3, -0.25) is 0 Å². The van der Waals surface area contributed by atoms with E-state index in [0.29, 0.717) is 5.92 Å². The number of aryl methyl sites for hydroxylation is 6. The normalized spacial score (nSPS) is 16.4. The van der Waals surface area contributed by atoms with Crippen molar-refractivity contribution in [1.29, 1.82) is 0 Å². The number of nitrogens with zero attached hydrogens (tertiary/aromatic N) is 1. The second-order valence-electron chi connectivity index (χ2n) is 16.4. The topological polar surface area (TPSA) is 3.24 Å². The van der Waals surface area contributed by atoms with Gasteiger partial charge in [-0.05, 0) is 167 Å². The molecule has 0 N–H and O–H groups in total. The Bertz CT molecular complexity index is 2780. The SMILES string of the molecule is Cc1cc(C)c(-c2ccc3c(c2)B2c4cc(-c5c(C)cc(C)cc5C)ccc4N(c4cc5c6c(c4)CC=C4C=CC=C(C=C5)C46)c4cccc-3c42)c(C)c1. The molecule has 1 unspecified atom stereocenters. The molecule has 1 atom stereocenters. The van der Waals surface area contributed by atoms with E-state index in [2.05, 4.69) is 174 Å². The van der Waals surface area contributed by atoms with E-state index in [1.807, 2.05) is 0 Å². The lowest BCUT2D eigenvalue weighted by atomic mass is 9.37. The molecule has 0 fully saturated rings. The Morgan fingerprint density at radius 1 is 0.593 bits per heavy atom. The summed E-state index contributed by atoms with van der Waals surface area (Å²) in [5.41, 5.74) is 31.2. The van der Waals surface area contributed by atoms with E-state index in [0.717, 1.165) is 6.42 Å². The van der Waals surface area contributed by atoms with Crippen molar-refractivity contribution in [2.75, 3.05) is 4.90 Å². The Labute approximate surface area is 319 Å². The molecule has 2 heteroatoms. The molecule has 6 aromatic carbocycles. The number of hydrogen-bond acceptors (Lipinski definition) is 1. The molecule has 11 rings (SSSR count). The van der Waals surface area contributed by atoms with E-state index in [-0.39, 0.29) is 6.71 Å². The van der Waals surface area contributed by atoms with Crippen LogP contribution in [0.5, 0.6) is 0 Å². The fourth-order valence-corrected chi connectivity index (χ4v) is 11.0. The fraction of sp³-hybridized carbons (Fsp3) is 0.154. The summed E-state index contributed by atoms with van der Waals surface area (Å²) in [5.74, 6) is 0.347. The summed E-state index contributed by atoms with van der Waals surface area (Å²) >= 11 is 0. The Morgan fingerprint density at radius 2 is 1.28 bits per heavy atom. The number of rotatable bonds is 3. The van der Waals surface area contributed by atoms with Crippen LogP contribution in [-0.4, -0.2) is 6.71 Å². The summed E-state index contributed by atoms with van der Waals surface area (Å²) in [4.78, 5) is 2.58. The van der Waals surface area contributed by atoms with E-state index < -0.39 is 0 Å². The Balaban J connectivity index is 1.16. The molecule has 0 aromatic heterocycles. The number of fused-ring (bicyclic) bond motifs is 5. The first kappa shape index (κ1) is 31.7. The first-order chi connectivity index (χ1) is 26.2. The van der Waals surface area contributed by atoms with Crippen LogP contribution >= 0.6 is 0 Å². The first-order valence-corrected chi connectivity index (χ1v) is 19.5. The van der Waals surface area contributed by atoms with Gasteiger partial charge in [-0.25, -0.2) is 0 Å². The molecule has 3 aliphatic carbocycles. The van der Waals surface area contributed by atoms with Gasteiger partial charge in [-0.2, -0.15) is 0 Å². The second-order valence-corrected chi connectivity index (χ2v) is 16.4. The molecule has 1 nitrogen and oxygen atoms in total. The lowest BCUT2D eigenvalue weighted by Crippen LogP contribution is -2.54. The fourth-order valence-electron chi connectivity index (χ4n) is 11.0. The third-order valence-corrected chi connectivity index (χ3v) is 12.9. The molecule has 2 aliphatic heterocycles. The van der Waals surface area contributed by atoms with Gasteiger partial charge in [0.1, 0.15) is 0 Å². The standard InChI is InChI=1S/C52H42BN/c1-29-21-31(3)48(32(4)22-29)39-17-19-42-43-11-8-12-47-52(43)53(44(42)27-39)45-28-40(49-33(5)23-30(2)24-34(49)6)18-20-46(45)54(47)41-25-37-15-13-35-9-7-10-36-14-16-38(26-41)51(37)50(35)36/h7-15,17-28,50H,16H2,1-6H3. The van der Waals surface area contributed by atoms with Gasteiger partial charge in [-0.1, -0.05) is 120 Å². The van der Waals surface area contributed by atoms with Crippen LogP contribution in [0.4, 0.5) is 17.1 Å². The first-order valence-electron chi connectivity index (χ1n) is 19.5. The second kappa shape index (κ2) is 11.3. The predicted molar refractivity (Wildman–Crippen MR) is 231 cm³/mol. The molecule has 0 saturated carbocycles. The summed E-state index contributed by atoms with van der Waals surface area (Å²) in [6.45, 7) is 13.6. The van der Waals surface area contributed by atoms with Gasteiger partial charge in [-0.15, -0.1) is 0 Å². The van der Waals surface area contributed by atoms with Gasteiger partial charge in [0.05, 0.1) is 0 Å². The Morgan fingerprint density at radius 3 is 2.00 bits per heavy atom. The summed E-state index contributed by atoms with van der Waals surface area (Å²) in [6.07, 6.45) is 14.9. The maximum Gasteiger partial charge on any atom is 0.248 e. The number of anilines is 3. The van der Waals surface area contributed by atoms with Crippen LogP contribution in [0.1, 0.15) is 56.0 Å². The summed E-state index contributed by atoms with van der Waals surface area (Å²) < 4.78 is 0. The van der Waals surface area contributed by atoms with Gasteiger partial charge in [0.2, 0.25) is 6.71 Å². The molecule has 0 radical (unpaired) electrons. The van der Waals surface area contributed by atoms with Crippen LogP contribution in [0.25, 0.3) is 39.5 Å². The van der Waals surface area contributed by atoms with Gasteiger partial charge in [0, 0.05) is 23.0 Å². The quantitative estimate of drug-likeness (QED) is 0.167. The van der Waals surface area contributed by atoms with E-state index in [1.54, 1.807) is 0 Å². The number of benzene rings is 6. The molecule has 0 bridgehead atoms. The largest absolute Gasteiger partial charge is 0.311 e. The van der Waals surface area contributed by atoms with Crippen LogP contribution < -0.4 is 21.3 Å². The molecule has 0 spiro atoms. The third kappa shape index (κ3) is 4.40. The summed E-state index contributed by atoms with van der Waals surface area (Å²) in [6, 6.07) is 35.9. The average Bonchev–Trinajstić information content (AvgIpc) is 3.48. The maximum atomic E-state index is 2.58. The molecule has 54 heavy (non-hydrogen) atoms. The molecular weight excluding hydrogens is 649 g/mol. The van der Waals surface area contributed by atoms with Crippen LogP contribution in [0, 0.1) is 41.5 Å². The number of hydrogen-bond donors (Lipinski definition) is 0. The zero-order valence-electron chi connectivity index (χ0n) is 31.9. The van der Waals surface area contributed by atoms with E-state index in [1.165, 1.54) is 128 Å². The van der Waals surface area contributed by atoms with Crippen molar-refractivity contribution in [2.24, 2.45) is 0 Å². The van der Waals surface area contributed by atoms with Gasteiger partial charge in [0.25, 0.3) is 0 Å². The van der Waals surface area contributed by atoms with E-state index in [9.17, 15) is 0 Å². The van der Waals surface area contributed by atoms with Gasteiger partial charge in [0.15, 0.2) is 0 Å². The van der Waals surface area contributed by atoms with E-state index in [4.69, 9.17) is 0 Å². The van der Waals surface area contributed by atoms with Crippen molar-refractivity contribution < 1.29 is 0 Å². The third-order valence-electron chi connectivity index (χ3n) is 12.9. The van der Waals surface area contributed by atoms with Crippen LogP contribution in [0.3, 0.4) is 0 Å². The number of allylic oxidation sites excluding steroid dienone is 7. The summed E-state index contributed by atoms with van der Waals surface area (Å²) in [7, 11) is 0. The highest BCUT2D eigenvalue weighted by molar-refractivity contribution is 7.01. The molecule has 6 aromatic rings. The molecule has 2 heterocycles. The highest BCUT2D eigenvalue weighted by Gasteiger charge is 2.43. The molecule has 0 amide bonds. The maximum absolute atomic E-state index is 2.58. The minimum Gasteiger partial charge on any atom is -0.311 e. The van der Waals surface area contributed by atoms with Crippen LogP contribution in [-0.2, 0) is 6.42 Å². The molecule has 258 valence electrons. The van der Waals surface area contributed by atoms with Crippen molar-refractivity contribution in [2.45, 2.75) is 53.9 Å². The highest BCUT2D eigenvalue weighted by Crippen LogP contribution is 2.49. The minimum atomic E-state index is 0.137. The average molecular weight is 692 g/mol. The monoisotopic (exact) mass is 691 g/mol.